The van der Waals surface area contributed by atoms with Gasteiger partial charge in [-0.15, -0.1) is 0 Å². The van der Waals surface area contributed by atoms with E-state index in [-0.39, 0.29) is 35.8 Å². The summed E-state index contributed by atoms with van der Waals surface area (Å²) < 4.78 is 44.1. The van der Waals surface area contributed by atoms with Gasteiger partial charge in [0.15, 0.2) is 16.4 Å². The fourth-order valence-corrected chi connectivity index (χ4v) is 5.51. The van der Waals surface area contributed by atoms with Gasteiger partial charge in [-0.05, 0) is 18.1 Å². The topological polar surface area (TPSA) is 250 Å². The first-order valence-corrected chi connectivity index (χ1v) is 15.4. The van der Waals surface area contributed by atoms with E-state index < -0.39 is 74.3 Å². The number of methoxy groups -OCH3 is 2. The molecule has 18 heteroatoms. The third kappa shape index (κ3) is 10.1. The van der Waals surface area contributed by atoms with E-state index in [0.717, 1.165) is 17.7 Å². The van der Waals surface area contributed by atoms with Crippen LogP contribution in [0.3, 0.4) is 0 Å². The summed E-state index contributed by atoms with van der Waals surface area (Å²) >= 11 is 0. The van der Waals surface area contributed by atoms with Crippen LogP contribution in [0.15, 0.2) is 71.6 Å². The number of nitrogens with one attached hydrogen (secondary N) is 3. The lowest BCUT2D eigenvalue weighted by molar-refractivity contribution is -0.387. The molecule has 256 valence electrons. The smallest absolute Gasteiger partial charge is 0.326 e. The molecule has 0 unspecified atom stereocenters. The van der Waals surface area contributed by atoms with E-state index in [4.69, 9.17) is 19.3 Å². The molecular formula is C30H32N4O13S. The molecule has 0 aliphatic carbocycles. The minimum Gasteiger partial charge on any atom is -0.493 e. The molecule has 0 radical (unpaired) electrons. The number of carboxylic acids is 2. The molecule has 3 rings (SSSR count). The normalized spacial score (nSPS) is 12.2. The number of aliphatic carboxylic acids is 2. The molecule has 0 aromatic heterocycles. The van der Waals surface area contributed by atoms with Gasteiger partial charge in [-0.1, -0.05) is 42.5 Å². The number of hydrogen-bond donors (Lipinski definition) is 5. The van der Waals surface area contributed by atoms with Gasteiger partial charge in [-0.2, -0.15) is 0 Å². The number of ether oxygens (including phenoxy) is 3. The number of carboxylic acid groups (broad SMARTS) is 2. The molecule has 3 aromatic carbocycles. The molecule has 5 N–H and O–H groups in total. The molecule has 0 aliphatic rings. The highest BCUT2D eigenvalue weighted by Crippen LogP contribution is 2.35. The van der Waals surface area contributed by atoms with E-state index in [0.29, 0.717) is 0 Å². The lowest BCUT2D eigenvalue weighted by Crippen LogP contribution is -2.45. The predicted octanol–water partition coefficient (Wildman–Crippen LogP) is 1.35. The first-order chi connectivity index (χ1) is 22.7. The van der Waals surface area contributed by atoms with Crippen molar-refractivity contribution >= 4 is 39.5 Å². The second-order valence-electron chi connectivity index (χ2n) is 9.98. The molecule has 0 saturated carbocycles. The van der Waals surface area contributed by atoms with Gasteiger partial charge < -0.3 is 35.1 Å². The minimum absolute atomic E-state index is 0.0696. The van der Waals surface area contributed by atoms with Gasteiger partial charge >= 0.3 is 11.9 Å². The summed E-state index contributed by atoms with van der Waals surface area (Å²) in [6.07, 6.45) is -0.741. The van der Waals surface area contributed by atoms with Gasteiger partial charge in [0.2, 0.25) is 15.9 Å². The van der Waals surface area contributed by atoms with E-state index >= 15 is 0 Å². The summed E-state index contributed by atoms with van der Waals surface area (Å²) in [6, 6.07) is 13.3. The van der Waals surface area contributed by atoms with Gasteiger partial charge in [0.1, 0.15) is 18.4 Å². The highest BCUT2D eigenvalue weighted by atomic mass is 32.2. The molecule has 0 saturated heterocycles. The zero-order valence-electron chi connectivity index (χ0n) is 25.6. The Morgan fingerprint density at radius 3 is 2.12 bits per heavy atom. The SMILES string of the molecule is COc1cc(OC[C@@H](Cc2ccccc2)NC(=O)CNS(=O)(=O)c2ccccc2[N+](=O)[O-])c(C(=O)N[C@@H](CC(=O)O)C(=O)O)cc1OC. The van der Waals surface area contributed by atoms with E-state index in [9.17, 15) is 42.8 Å². The molecule has 0 aliphatic heterocycles. The van der Waals surface area contributed by atoms with Crippen LogP contribution in [-0.2, 0) is 30.8 Å². The molecule has 0 fully saturated rings. The van der Waals surface area contributed by atoms with Gasteiger partial charge in [-0.25, -0.2) is 17.9 Å². The summed E-state index contributed by atoms with van der Waals surface area (Å²) in [7, 11) is -1.86. The maximum Gasteiger partial charge on any atom is 0.326 e. The number of benzene rings is 3. The fourth-order valence-electron chi connectivity index (χ4n) is 4.36. The summed E-state index contributed by atoms with van der Waals surface area (Å²) in [4.78, 5) is 58.7. The van der Waals surface area contributed by atoms with Crippen molar-refractivity contribution in [2.24, 2.45) is 0 Å². The third-order valence-corrected chi connectivity index (χ3v) is 8.07. The highest BCUT2D eigenvalue weighted by Gasteiger charge is 2.28. The van der Waals surface area contributed by atoms with E-state index in [1.807, 2.05) is 4.72 Å². The first-order valence-electron chi connectivity index (χ1n) is 14.0. The van der Waals surface area contributed by atoms with Crippen molar-refractivity contribution in [2.45, 2.75) is 29.8 Å². The van der Waals surface area contributed by atoms with Crippen LogP contribution in [0.5, 0.6) is 17.2 Å². The van der Waals surface area contributed by atoms with Crippen LogP contribution in [0.4, 0.5) is 5.69 Å². The minimum atomic E-state index is -4.47. The van der Waals surface area contributed by atoms with Crippen molar-refractivity contribution < 1.29 is 56.9 Å². The van der Waals surface area contributed by atoms with Crippen LogP contribution in [-0.4, -0.2) is 86.8 Å². The Kier molecular flexibility index (Phi) is 12.8. The Hall–Kier alpha value is -5.75. The van der Waals surface area contributed by atoms with E-state index in [2.05, 4.69) is 10.6 Å². The van der Waals surface area contributed by atoms with Gasteiger partial charge in [0.25, 0.3) is 11.6 Å². The van der Waals surface area contributed by atoms with Crippen LogP contribution < -0.4 is 29.6 Å². The number of para-hydroxylation sites is 1. The number of carbonyl (C=O) groups excluding carboxylic acids is 2. The molecule has 2 amide bonds. The predicted molar refractivity (Wildman–Crippen MR) is 167 cm³/mol. The van der Waals surface area contributed by atoms with Crippen LogP contribution in [0.25, 0.3) is 0 Å². The largest absolute Gasteiger partial charge is 0.493 e. The van der Waals surface area contributed by atoms with Crippen LogP contribution in [0, 0.1) is 10.1 Å². The Bertz CT molecular complexity index is 1770. The standard InChI is InChI=1S/C30H32N4O13S/c1-45-24-13-20(29(38)33-21(30(39)40)14-28(36)37)23(15-25(24)46-2)47-17-19(12-18-8-4-3-5-9-18)32-27(35)16-31-48(43,44)26-11-7-6-10-22(26)34(41)42/h3-11,13,15,19,21,31H,12,14,16-17H2,1-2H3,(H,32,35)(H,33,38)(H,36,37)(H,39,40)/t19-,21+/m1/s1. The molecule has 17 nitrogen and oxygen atoms in total. The first kappa shape index (κ1) is 36.7. The number of carbonyl (C=O) groups is 4. The number of nitrogens with zero attached hydrogens (tertiary/aromatic N) is 1. The summed E-state index contributed by atoms with van der Waals surface area (Å²) in [5.74, 6) is -4.82. The molecule has 3 aromatic rings. The van der Waals surface area contributed by atoms with Crippen molar-refractivity contribution in [2.75, 3.05) is 27.4 Å². The summed E-state index contributed by atoms with van der Waals surface area (Å²) in [6.45, 7) is -1.10. The quantitative estimate of drug-likeness (QED) is 0.0936. The second kappa shape index (κ2) is 16.7. The summed E-state index contributed by atoms with van der Waals surface area (Å²) in [5.41, 5.74) is -0.172. The third-order valence-electron chi connectivity index (χ3n) is 6.62. The number of nitro benzene ring substituents is 1. The number of sulfonamides is 1. The Labute approximate surface area is 274 Å². The van der Waals surface area contributed by atoms with Crippen LogP contribution in [0.2, 0.25) is 0 Å². The van der Waals surface area contributed by atoms with Crippen molar-refractivity contribution in [3.63, 3.8) is 0 Å². The average molecular weight is 689 g/mol. The number of nitro groups is 1. The van der Waals surface area contributed by atoms with Crippen molar-refractivity contribution in [1.29, 1.82) is 0 Å². The van der Waals surface area contributed by atoms with Crippen molar-refractivity contribution in [1.82, 2.24) is 15.4 Å². The number of amides is 2. The Morgan fingerprint density at radius 1 is 0.896 bits per heavy atom. The van der Waals surface area contributed by atoms with Crippen LogP contribution in [0.1, 0.15) is 22.3 Å². The van der Waals surface area contributed by atoms with Crippen LogP contribution >= 0.6 is 0 Å². The Balaban J connectivity index is 1.86. The lowest BCUT2D eigenvalue weighted by atomic mass is 10.1. The molecule has 0 spiro atoms. The maximum atomic E-state index is 13.2. The highest BCUT2D eigenvalue weighted by molar-refractivity contribution is 7.89. The molecule has 2 atom stereocenters. The fraction of sp³-hybridized carbons (Fsp3) is 0.267. The van der Waals surface area contributed by atoms with Gasteiger partial charge in [0, 0.05) is 18.2 Å². The molecule has 48 heavy (non-hydrogen) atoms. The van der Waals surface area contributed by atoms with Crippen molar-refractivity contribution in [3.8, 4) is 17.2 Å². The van der Waals surface area contributed by atoms with Crippen molar-refractivity contribution in [3.05, 3.63) is 88.0 Å². The number of rotatable bonds is 18. The number of hydrogen-bond acceptors (Lipinski definition) is 11. The Morgan fingerprint density at radius 2 is 1.52 bits per heavy atom. The summed E-state index contributed by atoms with van der Waals surface area (Å²) in [5, 5.41) is 34.5. The lowest BCUT2D eigenvalue weighted by Gasteiger charge is -2.22. The zero-order valence-corrected chi connectivity index (χ0v) is 26.4. The monoisotopic (exact) mass is 688 g/mol. The zero-order chi connectivity index (χ0) is 35.4. The molecule has 0 heterocycles. The second-order valence-corrected chi connectivity index (χ2v) is 11.7. The molecular weight excluding hydrogens is 656 g/mol. The van der Waals surface area contributed by atoms with E-state index in [1.54, 1.807) is 30.3 Å². The molecule has 0 bridgehead atoms. The van der Waals surface area contributed by atoms with E-state index in [1.165, 1.54) is 38.5 Å². The van der Waals surface area contributed by atoms with Gasteiger partial charge in [0.05, 0.1) is 43.7 Å². The maximum absolute atomic E-state index is 13.2. The van der Waals surface area contributed by atoms with Gasteiger partial charge in [-0.3, -0.25) is 24.5 Å². The average Bonchev–Trinajstić information content (AvgIpc) is 3.05.